The van der Waals surface area contributed by atoms with Gasteiger partial charge in [-0.25, -0.2) is 22.0 Å². The zero-order valence-corrected chi connectivity index (χ0v) is 11.3. The van der Waals surface area contributed by atoms with Gasteiger partial charge in [-0.05, 0) is 18.2 Å². The minimum atomic E-state index is -2.34. The Kier molecular flexibility index (Phi) is 3.43. The minimum absolute atomic E-state index is 0.250. The number of fused-ring (bicyclic) bond motifs is 1. The molecule has 0 saturated carbocycles. The Labute approximate surface area is 130 Å². The fourth-order valence-electron chi connectivity index (χ4n) is 2.11. The summed E-state index contributed by atoms with van der Waals surface area (Å²) in [6.07, 6.45) is 0.328. The second-order valence-corrected chi connectivity index (χ2v) is 4.73. The highest BCUT2D eigenvalue weighted by Gasteiger charge is 2.33. The van der Waals surface area contributed by atoms with Crippen molar-refractivity contribution in [3.63, 3.8) is 0 Å². The van der Waals surface area contributed by atoms with Crippen LogP contribution in [-0.4, -0.2) is 16.0 Å². The Hall–Kier alpha value is -3.10. The van der Waals surface area contributed by atoms with Crippen LogP contribution in [0.1, 0.15) is 15.9 Å². The molecule has 0 radical (unpaired) electrons. The van der Waals surface area contributed by atoms with Crippen molar-refractivity contribution in [2.24, 2.45) is 0 Å². The molecule has 0 fully saturated rings. The fourth-order valence-corrected chi connectivity index (χ4v) is 2.11. The number of phenols is 2. The standard InChI is InChI=1S/C15H5F5O4/c16-8-5(9(17)11(19)12(20)10(8)18)3-7-13(22)4-1-2-6(21)14(23)15(4)24-7/h1-3,21,23H. The topological polar surface area (TPSA) is 66.8 Å². The molecular weight excluding hydrogens is 339 g/mol. The van der Waals surface area contributed by atoms with Crippen molar-refractivity contribution in [1.29, 1.82) is 0 Å². The average Bonchev–Trinajstić information content (AvgIpc) is 2.88. The number of hydrogen-bond acceptors (Lipinski definition) is 4. The van der Waals surface area contributed by atoms with E-state index in [-0.39, 0.29) is 5.56 Å². The molecule has 0 aliphatic carbocycles. The molecule has 24 heavy (non-hydrogen) atoms. The quantitative estimate of drug-likeness (QED) is 0.274. The van der Waals surface area contributed by atoms with Gasteiger partial charge in [-0.3, -0.25) is 4.79 Å². The molecule has 9 heteroatoms. The van der Waals surface area contributed by atoms with E-state index in [0.29, 0.717) is 6.08 Å². The molecule has 124 valence electrons. The molecule has 0 unspecified atom stereocenters. The number of rotatable bonds is 1. The molecule has 4 nitrogen and oxygen atoms in total. The van der Waals surface area contributed by atoms with Crippen molar-refractivity contribution in [2.75, 3.05) is 0 Å². The van der Waals surface area contributed by atoms with Crippen LogP contribution in [0.15, 0.2) is 17.9 Å². The Morgan fingerprint density at radius 2 is 1.42 bits per heavy atom. The first-order chi connectivity index (χ1) is 11.2. The van der Waals surface area contributed by atoms with Gasteiger partial charge in [0.25, 0.3) is 0 Å². The van der Waals surface area contributed by atoms with Gasteiger partial charge in [0.1, 0.15) is 0 Å². The van der Waals surface area contributed by atoms with Gasteiger partial charge in [0, 0.05) is 0 Å². The van der Waals surface area contributed by atoms with Crippen LogP contribution >= 0.6 is 0 Å². The van der Waals surface area contributed by atoms with Crippen molar-refractivity contribution in [3.05, 3.63) is 58.1 Å². The first-order valence-electron chi connectivity index (χ1n) is 6.24. The van der Waals surface area contributed by atoms with E-state index in [1.807, 2.05) is 0 Å². The van der Waals surface area contributed by atoms with E-state index in [0.717, 1.165) is 12.1 Å². The Morgan fingerprint density at radius 3 is 2.00 bits per heavy atom. The molecule has 2 aromatic carbocycles. The van der Waals surface area contributed by atoms with Gasteiger partial charge in [0.2, 0.25) is 17.3 Å². The molecule has 0 bridgehead atoms. The van der Waals surface area contributed by atoms with Crippen LogP contribution in [0.4, 0.5) is 22.0 Å². The van der Waals surface area contributed by atoms with E-state index in [9.17, 15) is 37.0 Å². The maximum Gasteiger partial charge on any atom is 0.232 e. The number of carbonyl (C=O) groups is 1. The number of benzene rings is 2. The summed E-state index contributed by atoms with van der Waals surface area (Å²) in [7, 11) is 0. The van der Waals surface area contributed by atoms with Crippen molar-refractivity contribution in [3.8, 4) is 17.2 Å². The van der Waals surface area contributed by atoms with Crippen LogP contribution in [0.2, 0.25) is 0 Å². The Bertz CT molecular complexity index is 907. The van der Waals surface area contributed by atoms with Crippen molar-refractivity contribution >= 4 is 11.9 Å². The first kappa shape index (κ1) is 15.8. The molecule has 0 aromatic heterocycles. The molecule has 0 spiro atoms. The summed E-state index contributed by atoms with van der Waals surface area (Å²) in [5.41, 5.74) is -1.62. The zero-order valence-electron chi connectivity index (χ0n) is 11.3. The molecule has 1 heterocycles. The number of ether oxygens (including phenoxy) is 1. The summed E-state index contributed by atoms with van der Waals surface area (Å²) < 4.78 is 71.5. The number of Topliss-reactive ketones (excluding diaryl/α,β-unsaturated/α-hetero) is 1. The molecule has 0 amide bonds. The van der Waals surface area contributed by atoms with Gasteiger partial charge in [-0.1, -0.05) is 0 Å². The molecule has 0 saturated heterocycles. The van der Waals surface area contributed by atoms with E-state index in [1.54, 1.807) is 0 Å². The largest absolute Gasteiger partial charge is 0.504 e. The summed E-state index contributed by atoms with van der Waals surface area (Å²) in [6, 6.07) is 2.03. The van der Waals surface area contributed by atoms with Crippen LogP contribution in [-0.2, 0) is 0 Å². The lowest BCUT2D eigenvalue weighted by atomic mass is 10.1. The number of carbonyl (C=O) groups excluding carboxylic acids is 1. The highest BCUT2D eigenvalue weighted by Crippen LogP contribution is 2.44. The number of halogens is 5. The van der Waals surface area contributed by atoms with Gasteiger partial charge in [0.05, 0.1) is 11.1 Å². The highest BCUT2D eigenvalue weighted by molar-refractivity contribution is 6.15. The van der Waals surface area contributed by atoms with E-state index in [4.69, 9.17) is 4.74 Å². The zero-order chi connectivity index (χ0) is 17.8. The van der Waals surface area contributed by atoms with Crippen LogP contribution in [0, 0.1) is 29.1 Å². The Balaban J connectivity index is 2.16. The third-order valence-corrected chi connectivity index (χ3v) is 3.31. The molecule has 1 aliphatic rings. The third kappa shape index (κ3) is 2.08. The van der Waals surface area contributed by atoms with E-state index >= 15 is 0 Å². The minimum Gasteiger partial charge on any atom is -0.504 e. The molecule has 3 rings (SSSR count). The van der Waals surface area contributed by atoms with Gasteiger partial charge in [-0.2, -0.15) is 0 Å². The number of phenolic OH excluding ortho intramolecular Hbond substituents is 2. The summed E-state index contributed by atoms with van der Waals surface area (Å²) in [6.45, 7) is 0. The van der Waals surface area contributed by atoms with Crippen molar-refractivity contribution in [1.82, 2.24) is 0 Å². The third-order valence-electron chi connectivity index (χ3n) is 3.31. The fraction of sp³-hybridized carbons (Fsp3) is 0. The summed E-state index contributed by atoms with van der Waals surface area (Å²) in [5, 5.41) is 18.9. The normalized spacial score (nSPS) is 14.9. The van der Waals surface area contributed by atoms with Crippen LogP contribution in [0.25, 0.3) is 6.08 Å². The van der Waals surface area contributed by atoms with Gasteiger partial charge in [0.15, 0.2) is 40.5 Å². The number of aromatic hydroxyl groups is 2. The van der Waals surface area contributed by atoms with E-state index < -0.39 is 63.4 Å². The predicted octanol–water partition coefficient (Wildman–Crippen LogP) is 3.41. The van der Waals surface area contributed by atoms with Crippen molar-refractivity contribution in [2.45, 2.75) is 0 Å². The Morgan fingerprint density at radius 1 is 0.875 bits per heavy atom. The van der Waals surface area contributed by atoms with Crippen molar-refractivity contribution < 1.29 is 41.7 Å². The molecule has 0 atom stereocenters. The molecule has 1 aliphatic heterocycles. The average molecular weight is 344 g/mol. The molecule has 2 N–H and O–H groups in total. The monoisotopic (exact) mass is 344 g/mol. The van der Waals surface area contributed by atoms with E-state index in [2.05, 4.69) is 0 Å². The predicted molar refractivity (Wildman–Crippen MR) is 68.9 cm³/mol. The lowest BCUT2D eigenvalue weighted by Gasteiger charge is -2.05. The second-order valence-electron chi connectivity index (χ2n) is 4.73. The van der Waals surface area contributed by atoms with Crippen LogP contribution in [0.5, 0.6) is 17.2 Å². The maximum atomic E-state index is 13.6. The lowest BCUT2D eigenvalue weighted by molar-refractivity contribution is 0.101. The van der Waals surface area contributed by atoms with Crippen LogP contribution in [0.3, 0.4) is 0 Å². The summed E-state index contributed by atoms with van der Waals surface area (Å²) in [5.74, 6) is -14.6. The summed E-state index contributed by atoms with van der Waals surface area (Å²) >= 11 is 0. The first-order valence-corrected chi connectivity index (χ1v) is 6.24. The number of allylic oxidation sites excluding steroid dienone is 1. The van der Waals surface area contributed by atoms with E-state index in [1.165, 1.54) is 0 Å². The number of hydrogen-bond donors (Lipinski definition) is 2. The highest BCUT2D eigenvalue weighted by atomic mass is 19.2. The van der Waals surface area contributed by atoms with Gasteiger partial charge in [-0.15, -0.1) is 0 Å². The number of ketones is 1. The lowest BCUT2D eigenvalue weighted by Crippen LogP contribution is -2.06. The van der Waals surface area contributed by atoms with Gasteiger partial charge < -0.3 is 14.9 Å². The molecule has 2 aromatic rings. The second kappa shape index (κ2) is 5.22. The maximum absolute atomic E-state index is 13.6. The SMILES string of the molecule is O=C1C(=Cc2c(F)c(F)c(F)c(F)c2F)Oc2c1ccc(O)c2O. The van der Waals surface area contributed by atoms with Gasteiger partial charge >= 0.3 is 0 Å². The molecular formula is C15H5F5O4. The smallest absolute Gasteiger partial charge is 0.232 e. The van der Waals surface area contributed by atoms with Crippen LogP contribution < -0.4 is 4.74 Å². The summed E-state index contributed by atoms with van der Waals surface area (Å²) in [4.78, 5) is 12.0.